The summed E-state index contributed by atoms with van der Waals surface area (Å²) in [5.74, 6) is 0.843. The van der Waals surface area contributed by atoms with Gasteiger partial charge in [0.05, 0.1) is 10.2 Å². The standard InChI is InChI=1S/C18H20FN5S.BrH/c19-14-4-5-15-16(13-14)25-18(22-15)21-7-8-23-9-11-24(12-10-23)17-3-1-2-6-20-17;/h1-6,13H,7-12H2,(H,21,22);1H. The number of hydrogen-bond acceptors (Lipinski definition) is 6. The van der Waals surface area contributed by atoms with Crippen molar-refractivity contribution >= 4 is 49.5 Å². The minimum absolute atomic E-state index is 0. The normalized spacial score (nSPS) is 15.0. The molecule has 3 heterocycles. The van der Waals surface area contributed by atoms with Crippen molar-refractivity contribution in [3.05, 3.63) is 48.4 Å². The number of benzene rings is 1. The van der Waals surface area contributed by atoms with Gasteiger partial charge in [-0.05, 0) is 30.3 Å². The van der Waals surface area contributed by atoms with Crippen molar-refractivity contribution < 1.29 is 4.39 Å². The molecule has 8 heteroatoms. The highest BCUT2D eigenvalue weighted by atomic mass is 79.9. The van der Waals surface area contributed by atoms with Crippen LogP contribution in [0, 0.1) is 5.82 Å². The van der Waals surface area contributed by atoms with Crippen LogP contribution in [0.3, 0.4) is 0 Å². The van der Waals surface area contributed by atoms with Gasteiger partial charge in [-0.25, -0.2) is 14.4 Å². The molecule has 5 nitrogen and oxygen atoms in total. The largest absolute Gasteiger partial charge is 0.360 e. The Hall–Kier alpha value is -1.77. The molecule has 0 radical (unpaired) electrons. The van der Waals surface area contributed by atoms with Gasteiger partial charge < -0.3 is 10.2 Å². The fraction of sp³-hybridized carbons (Fsp3) is 0.333. The monoisotopic (exact) mass is 437 g/mol. The highest BCUT2D eigenvalue weighted by Gasteiger charge is 2.17. The molecule has 2 aromatic heterocycles. The maximum absolute atomic E-state index is 13.2. The first kappa shape index (κ1) is 19.0. The molecule has 1 aromatic carbocycles. The van der Waals surface area contributed by atoms with Crippen molar-refractivity contribution in [2.75, 3.05) is 49.5 Å². The predicted molar refractivity (Wildman–Crippen MR) is 111 cm³/mol. The van der Waals surface area contributed by atoms with E-state index in [1.165, 1.54) is 23.5 Å². The number of hydrogen-bond donors (Lipinski definition) is 1. The van der Waals surface area contributed by atoms with E-state index >= 15 is 0 Å². The predicted octanol–water partition coefficient (Wildman–Crippen LogP) is 3.64. The first-order valence-corrected chi connectivity index (χ1v) is 9.28. The highest BCUT2D eigenvalue weighted by molar-refractivity contribution is 8.93. The number of thiazole rings is 1. The van der Waals surface area contributed by atoms with E-state index in [1.54, 1.807) is 6.07 Å². The molecule has 1 aliphatic rings. The molecule has 0 amide bonds. The van der Waals surface area contributed by atoms with Crippen molar-refractivity contribution in [3.8, 4) is 0 Å². The van der Waals surface area contributed by atoms with Crippen molar-refractivity contribution in [3.63, 3.8) is 0 Å². The van der Waals surface area contributed by atoms with E-state index in [4.69, 9.17) is 0 Å². The molecule has 138 valence electrons. The molecule has 0 bridgehead atoms. The lowest BCUT2D eigenvalue weighted by Gasteiger charge is -2.35. The fourth-order valence-electron chi connectivity index (χ4n) is 3.04. The summed E-state index contributed by atoms with van der Waals surface area (Å²) < 4.78 is 14.1. The van der Waals surface area contributed by atoms with Gasteiger partial charge in [-0.15, -0.1) is 17.0 Å². The summed E-state index contributed by atoms with van der Waals surface area (Å²) in [5, 5.41) is 4.22. The van der Waals surface area contributed by atoms with Gasteiger partial charge in [0, 0.05) is 45.5 Å². The molecule has 0 unspecified atom stereocenters. The second-order valence-corrected chi connectivity index (χ2v) is 7.11. The third-order valence-electron chi connectivity index (χ3n) is 4.40. The first-order chi connectivity index (χ1) is 12.3. The van der Waals surface area contributed by atoms with Crippen LogP contribution in [0.1, 0.15) is 0 Å². The van der Waals surface area contributed by atoms with Crippen LogP contribution in [0.5, 0.6) is 0 Å². The number of nitrogens with one attached hydrogen (secondary N) is 1. The molecule has 0 spiro atoms. The Morgan fingerprint density at radius 2 is 1.96 bits per heavy atom. The van der Waals surface area contributed by atoms with E-state index < -0.39 is 0 Å². The number of aromatic nitrogens is 2. The molecule has 0 atom stereocenters. The maximum Gasteiger partial charge on any atom is 0.183 e. The highest BCUT2D eigenvalue weighted by Crippen LogP contribution is 2.26. The van der Waals surface area contributed by atoms with Crippen LogP contribution in [-0.2, 0) is 0 Å². The lowest BCUT2D eigenvalue weighted by Crippen LogP contribution is -2.47. The SMILES string of the molecule is Br.Fc1ccc2nc(NCCN3CCN(c4ccccn4)CC3)sc2c1. The summed E-state index contributed by atoms with van der Waals surface area (Å²) in [5.41, 5.74) is 0.845. The van der Waals surface area contributed by atoms with E-state index in [0.717, 1.165) is 60.4 Å². The fourth-order valence-corrected chi connectivity index (χ4v) is 3.95. The number of halogens is 2. The lowest BCUT2D eigenvalue weighted by atomic mass is 10.3. The minimum atomic E-state index is -0.214. The molecule has 0 aliphatic carbocycles. The van der Waals surface area contributed by atoms with E-state index in [1.807, 2.05) is 18.3 Å². The lowest BCUT2D eigenvalue weighted by molar-refractivity contribution is 0.266. The second kappa shape index (κ2) is 8.75. The van der Waals surface area contributed by atoms with E-state index in [0.29, 0.717) is 0 Å². The Morgan fingerprint density at radius 1 is 1.12 bits per heavy atom. The number of pyridine rings is 1. The first-order valence-electron chi connectivity index (χ1n) is 8.46. The molecule has 1 N–H and O–H groups in total. The Bertz CT molecular complexity index is 836. The maximum atomic E-state index is 13.2. The van der Waals surface area contributed by atoms with Gasteiger partial charge >= 0.3 is 0 Å². The molecule has 4 rings (SSSR count). The second-order valence-electron chi connectivity index (χ2n) is 6.07. The summed E-state index contributed by atoms with van der Waals surface area (Å²) in [7, 11) is 0. The minimum Gasteiger partial charge on any atom is -0.360 e. The molecule has 26 heavy (non-hydrogen) atoms. The summed E-state index contributed by atoms with van der Waals surface area (Å²) in [6.45, 7) is 5.87. The van der Waals surface area contributed by atoms with Crippen molar-refractivity contribution in [2.24, 2.45) is 0 Å². The Morgan fingerprint density at radius 3 is 2.73 bits per heavy atom. The van der Waals surface area contributed by atoms with Crippen LogP contribution < -0.4 is 10.2 Å². The Labute approximate surface area is 166 Å². The van der Waals surface area contributed by atoms with E-state index in [9.17, 15) is 4.39 Å². The van der Waals surface area contributed by atoms with Gasteiger partial charge in [0.2, 0.25) is 0 Å². The summed E-state index contributed by atoms with van der Waals surface area (Å²) in [6.07, 6.45) is 1.84. The molecule has 3 aromatic rings. The van der Waals surface area contributed by atoms with Crippen molar-refractivity contribution in [1.82, 2.24) is 14.9 Å². The molecular formula is C18H21BrFN5S. The van der Waals surface area contributed by atoms with Crippen molar-refractivity contribution in [2.45, 2.75) is 0 Å². The third-order valence-corrected chi connectivity index (χ3v) is 5.38. The molecule has 1 fully saturated rings. The number of anilines is 2. The van der Waals surface area contributed by atoms with Crippen LogP contribution >= 0.6 is 28.3 Å². The van der Waals surface area contributed by atoms with Crippen molar-refractivity contribution in [1.29, 1.82) is 0 Å². The number of fused-ring (bicyclic) bond motifs is 1. The summed E-state index contributed by atoms with van der Waals surface area (Å²) >= 11 is 1.50. The van der Waals surface area contributed by atoms with Crippen LogP contribution in [-0.4, -0.2) is 54.1 Å². The van der Waals surface area contributed by atoms with E-state index in [2.05, 4.69) is 31.2 Å². The third kappa shape index (κ3) is 4.49. The Balaban J connectivity index is 0.00000196. The number of nitrogens with zero attached hydrogens (tertiary/aromatic N) is 4. The number of piperazine rings is 1. The van der Waals surface area contributed by atoms with Gasteiger partial charge in [0.25, 0.3) is 0 Å². The van der Waals surface area contributed by atoms with Gasteiger partial charge in [-0.3, -0.25) is 4.90 Å². The zero-order valence-corrected chi connectivity index (χ0v) is 16.8. The van der Waals surface area contributed by atoms with Gasteiger partial charge in [-0.1, -0.05) is 17.4 Å². The van der Waals surface area contributed by atoms with E-state index in [-0.39, 0.29) is 22.8 Å². The molecule has 1 saturated heterocycles. The van der Waals surface area contributed by atoms with Crippen LogP contribution in [0.15, 0.2) is 42.6 Å². The van der Waals surface area contributed by atoms with Crippen LogP contribution in [0.2, 0.25) is 0 Å². The van der Waals surface area contributed by atoms with Crippen LogP contribution in [0.4, 0.5) is 15.3 Å². The zero-order chi connectivity index (χ0) is 17.1. The van der Waals surface area contributed by atoms with Gasteiger partial charge in [0.15, 0.2) is 5.13 Å². The molecular weight excluding hydrogens is 417 g/mol. The summed E-state index contributed by atoms with van der Waals surface area (Å²) in [4.78, 5) is 13.7. The van der Waals surface area contributed by atoms with Crippen LogP contribution in [0.25, 0.3) is 10.2 Å². The average Bonchev–Trinajstić information content (AvgIpc) is 3.05. The number of rotatable bonds is 5. The molecule has 0 saturated carbocycles. The smallest absolute Gasteiger partial charge is 0.183 e. The average molecular weight is 438 g/mol. The van der Waals surface area contributed by atoms with Gasteiger partial charge in [0.1, 0.15) is 11.6 Å². The summed E-state index contributed by atoms with van der Waals surface area (Å²) in [6, 6.07) is 10.8. The van der Waals surface area contributed by atoms with Gasteiger partial charge in [-0.2, -0.15) is 0 Å². The zero-order valence-electron chi connectivity index (χ0n) is 14.3. The quantitative estimate of drug-likeness (QED) is 0.659. The Kier molecular flexibility index (Phi) is 6.39. The molecule has 1 aliphatic heterocycles. The topological polar surface area (TPSA) is 44.3 Å².